The van der Waals surface area contributed by atoms with Gasteiger partial charge in [-0.3, -0.25) is 0 Å². The molecule has 1 aromatic rings. The van der Waals surface area contributed by atoms with E-state index < -0.39 is 0 Å². The Labute approximate surface area is 96.7 Å². The molecule has 3 rings (SSSR count). The molecule has 4 nitrogen and oxygen atoms in total. The molecule has 1 N–H and O–H groups in total. The minimum absolute atomic E-state index is 0.568. The van der Waals surface area contributed by atoms with E-state index in [4.69, 9.17) is 4.98 Å². The van der Waals surface area contributed by atoms with Crippen molar-refractivity contribution in [2.45, 2.75) is 38.8 Å². The summed E-state index contributed by atoms with van der Waals surface area (Å²) in [7, 11) is 0. The maximum Gasteiger partial charge on any atom is 0.206 e. The number of aromatic nitrogens is 2. The van der Waals surface area contributed by atoms with Crippen LogP contribution in [0.1, 0.15) is 31.5 Å². The SMILES string of the molecule is Cc1cn(C2CC2)c(N2CCN[C@H](C)C2)n1. The van der Waals surface area contributed by atoms with E-state index in [0.29, 0.717) is 6.04 Å². The van der Waals surface area contributed by atoms with Crippen LogP contribution in [0.4, 0.5) is 5.95 Å². The lowest BCUT2D eigenvalue weighted by Crippen LogP contribution is -2.50. The standard InChI is InChI=1S/C12H20N4/c1-9-7-15(6-5-13-9)12-14-10(2)8-16(12)11-3-4-11/h8-9,11,13H,3-7H2,1-2H3/t9-/m1/s1. The summed E-state index contributed by atoms with van der Waals surface area (Å²) in [6.07, 6.45) is 4.86. The van der Waals surface area contributed by atoms with Gasteiger partial charge in [-0.1, -0.05) is 0 Å². The number of piperazine rings is 1. The van der Waals surface area contributed by atoms with E-state index in [2.05, 4.69) is 34.8 Å². The van der Waals surface area contributed by atoms with Gasteiger partial charge in [-0.2, -0.15) is 0 Å². The highest BCUT2D eigenvalue weighted by Gasteiger charge is 2.29. The zero-order chi connectivity index (χ0) is 11.1. The molecule has 0 radical (unpaired) electrons. The summed E-state index contributed by atoms with van der Waals surface area (Å²) in [6, 6.07) is 1.29. The Kier molecular flexibility index (Phi) is 2.39. The highest BCUT2D eigenvalue weighted by molar-refractivity contribution is 5.36. The predicted octanol–water partition coefficient (Wildman–Crippen LogP) is 1.32. The minimum Gasteiger partial charge on any atom is -0.339 e. The van der Waals surface area contributed by atoms with Crippen LogP contribution in [0.5, 0.6) is 0 Å². The molecule has 1 saturated carbocycles. The van der Waals surface area contributed by atoms with Gasteiger partial charge in [-0.05, 0) is 26.7 Å². The van der Waals surface area contributed by atoms with E-state index >= 15 is 0 Å². The summed E-state index contributed by atoms with van der Waals surface area (Å²) in [5.41, 5.74) is 1.15. The van der Waals surface area contributed by atoms with Gasteiger partial charge in [0.2, 0.25) is 5.95 Å². The highest BCUT2D eigenvalue weighted by Crippen LogP contribution is 2.38. The number of rotatable bonds is 2. The molecule has 16 heavy (non-hydrogen) atoms. The fourth-order valence-electron chi connectivity index (χ4n) is 2.47. The van der Waals surface area contributed by atoms with Crippen LogP contribution in [0, 0.1) is 6.92 Å². The van der Waals surface area contributed by atoms with Gasteiger partial charge in [0, 0.05) is 37.9 Å². The molecule has 1 aliphatic heterocycles. The number of hydrogen-bond donors (Lipinski definition) is 1. The van der Waals surface area contributed by atoms with E-state index in [1.54, 1.807) is 0 Å². The second kappa shape index (κ2) is 3.77. The van der Waals surface area contributed by atoms with Crippen LogP contribution >= 0.6 is 0 Å². The Bertz CT molecular complexity index is 380. The van der Waals surface area contributed by atoms with Crippen LogP contribution in [0.2, 0.25) is 0 Å². The van der Waals surface area contributed by atoms with Crippen LogP contribution in [0.25, 0.3) is 0 Å². The van der Waals surface area contributed by atoms with Crippen molar-refractivity contribution in [3.63, 3.8) is 0 Å². The van der Waals surface area contributed by atoms with E-state index in [-0.39, 0.29) is 0 Å². The molecule has 1 atom stereocenters. The van der Waals surface area contributed by atoms with Crippen molar-refractivity contribution in [1.82, 2.24) is 14.9 Å². The zero-order valence-electron chi connectivity index (χ0n) is 10.1. The predicted molar refractivity (Wildman–Crippen MR) is 64.9 cm³/mol. The van der Waals surface area contributed by atoms with E-state index in [0.717, 1.165) is 31.4 Å². The van der Waals surface area contributed by atoms with Crippen molar-refractivity contribution in [3.05, 3.63) is 11.9 Å². The molecule has 0 bridgehead atoms. The smallest absolute Gasteiger partial charge is 0.206 e. The number of nitrogens with one attached hydrogen (secondary N) is 1. The van der Waals surface area contributed by atoms with Crippen molar-refractivity contribution in [2.75, 3.05) is 24.5 Å². The van der Waals surface area contributed by atoms with E-state index in [1.807, 2.05) is 0 Å². The van der Waals surface area contributed by atoms with Crippen molar-refractivity contribution in [2.24, 2.45) is 0 Å². The number of anilines is 1. The first kappa shape index (κ1) is 10.1. The average molecular weight is 220 g/mol. The van der Waals surface area contributed by atoms with Gasteiger partial charge < -0.3 is 14.8 Å². The maximum absolute atomic E-state index is 4.69. The first-order valence-corrected chi connectivity index (χ1v) is 6.28. The molecule has 0 amide bonds. The van der Waals surface area contributed by atoms with Crippen LogP contribution in [0.3, 0.4) is 0 Å². The molecule has 0 spiro atoms. The monoisotopic (exact) mass is 220 g/mol. The first-order chi connectivity index (χ1) is 7.74. The molecule has 1 saturated heterocycles. The van der Waals surface area contributed by atoms with Gasteiger partial charge in [-0.15, -0.1) is 0 Å². The lowest BCUT2D eigenvalue weighted by atomic mass is 10.2. The van der Waals surface area contributed by atoms with Gasteiger partial charge in [-0.25, -0.2) is 4.98 Å². The van der Waals surface area contributed by atoms with Gasteiger partial charge >= 0.3 is 0 Å². The average Bonchev–Trinajstić information content (AvgIpc) is 3.02. The van der Waals surface area contributed by atoms with Crippen molar-refractivity contribution in [1.29, 1.82) is 0 Å². The summed E-state index contributed by atoms with van der Waals surface area (Å²) in [5.74, 6) is 1.19. The lowest BCUT2D eigenvalue weighted by Gasteiger charge is -2.33. The summed E-state index contributed by atoms with van der Waals surface area (Å²) >= 11 is 0. The fraction of sp³-hybridized carbons (Fsp3) is 0.750. The summed E-state index contributed by atoms with van der Waals surface area (Å²) in [5, 5.41) is 3.47. The molecule has 1 aromatic heterocycles. The molecular weight excluding hydrogens is 200 g/mol. The Morgan fingerprint density at radius 2 is 2.25 bits per heavy atom. The Morgan fingerprint density at radius 1 is 1.44 bits per heavy atom. The topological polar surface area (TPSA) is 33.1 Å². The number of nitrogens with zero attached hydrogens (tertiary/aromatic N) is 3. The molecule has 2 heterocycles. The summed E-state index contributed by atoms with van der Waals surface area (Å²) in [4.78, 5) is 7.11. The minimum atomic E-state index is 0.568. The van der Waals surface area contributed by atoms with Gasteiger partial charge in [0.25, 0.3) is 0 Å². The first-order valence-electron chi connectivity index (χ1n) is 6.28. The third-order valence-corrected chi connectivity index (χ3v) is 3.43. The third-order valence-electron chi connectivity index (χ3n) is 3.43. The van der Waals surface area contributed by atoms with E-state index in [9.17, 15) is 0 Å². The molecule has 4 heteroatoms. The summed E-state index contributed by atoms with van der Waals surface area (Å²) < 4.78 is 2.38. The number of aryl methyl sites for hydroxylation is 1. The van der Waals surface area contributed by atoms with Crippen molar-refractivity contribution in [3.8, 4) is 0 Å². The second-order valence-corrected chi connectivity index (χ2v) is 5.12. The highest BCUT2D eigenvalue weighted by atomic mass is 15.3. The number of imidazole rings is 1. The quantitative estimate of drug-likeness (QED) is 0.816. The maximum atomic E-state index is 4.69. The Hall–Kier alpha value is -1.03. The Morgan fingerprint density at radius 3 is 2.94 bits per heavy atom. The van der Waals surface area contributed by atoms with Crippen molar-refractivity contribution >= 4 is 5.95 Å². The lowest BCUT2D eigenvalue weighted by molar-refractivity contribution is 0.474. The van der Waals surface area contributed by atoms with E-state index in [1.165, 1.54) is 18.8 Å². The second-order valence-electron chi connectivity index (χ2n) is 5.12. The van der Waals surface area contributed by atoms with Crippen LogP contribution in [-0.4, -0.2) is 35.2 Å². The fourth-order valence-corrected chi connectivity index (χ4v) is 2.47. The molecule has 2 fully saturated rings. The summed E-state index contributed by atoms with van der Waals surface area (Å²) in [6.45, 7) is 7.55. The Balaban J connectivity index is 1.86. The van der Waals surface area contributed by atoms with Gasteiger partial charge in [0.15, 0.2) is 0 Å². The zero-order valence-corrected chi connectivity index (χ0v) is 10.1. The normalized spacial score (nSPS) is 26.1. The molecule has 2 aliphatic rings. The molecule has 0 unspecified atom stereocenters. The van der Waals surface area contributed by atoms with Crippen molar-refractivity contribution < 1.29 is 0 Å². The molecule has 0 aromatic carbocycles. The molecule has 1 aliphatic carbocycles. The van der Waals surface area contributed by atoms with Crippen LogP contribution in [-0.2, 0) is 0 Å². The van der Waals surface area contributed by atoms with Gasteiger partial charge in [0.1, 0.15) is 0 Å². The van der Waals surface area contributed by atoms with Crippen LogP contribution < -0.4 is 10.2 Å². The number of hydrogen-bond acceptors (Lipinski definition) is 3. The molecule has 88 valence electrons. The third kappa shape index (κ3) is 1.82. The van der Waals surface area contributed by atoms with Crippen LogP contribution in [0.15, 0.2) is 6.20 Å². The van der Waals surface area contributed by atoms with Gasteiger partial charge in [0.05, 0.1) is 5.69 Å². The molecular formula is C12H20N4. The largest absolute Gasteiger partial charge is 0.339 e.